The number of aryl methyl sites for hydroxylation is 2. The molecule has 0 saturated heterocycles. The van der Waals surface area contributed by atoms with Gasteiger partial charge in [-0.2, -0.15) is 5.26 Å². The third-order valence-electron chi connectivity index (χ3n) is 4.88. The maximum atomic E-state index is 12.1. The number of fused-ring (bicyclic) bond motifs is 3. The Morgan fingerprint density at radius 3 is 2.65 bits per heavy atom. The van der Waals surface area contributed by atoms with Crippen LogP contribution < -0.4 is 5.56 Å². The first-order valence-electron chi connectivity index (χ1n) is 8.35. The summed E-state index contributed by atoms with van der Waals surface area (Å²) in [5, 5.41) is 9.05. The lowest BCUT2D eigenvalue weighted by Gasteiger charge is -2.09. The highest BCUT2D eigenvalue weighted by molar-refractivity contribution is 7.16. The molecule has 0 aliphatic carbocycles. The van der Waals surface area contributed by atoms with Gasteiger partial charge in [-0.3, -0.25) is 9.79 Å². The lowest BCUT2D eigenvalue weighted by molar-refractivity contribution is 0.852. The molecule has 0 bridgehead atoms. The summed E-state index contributed by atoms with van der Waals surface area (Å²) < 4.78 is 1.62. The molecule has 0 N–H and O–H groups in total. The van der Waals surface area contributed by atoms with E-state index >= 15 is 0 Å². The van der Waals surface area contributed by atoms with E-state index < -0.39 is 0 Å². The lowest BCUT2D eigenvalue weighted by atomic mass is 9.96. The van der Waals surface area contributed by atoms with Gasteiger partial charge >= 0.3 is 0 Å². The Morgan fingerprint density at radius 2 is 1.96 bits per heavy atom. The summed E-state index contributed by atoms with van der Waals surface area (Å²) in [6.07, 6.45) is 1.92. The van der Waals surface area contributed by atoms with Gasteiger partial charge in [0.1, 0.15) is 0 Å². The Labute approximate surface area is 155 Å². The fourth-order valence-corrected chi connectivity index (χ4v) is 4.49. The topological polar surface area (TPSA) is 58.1 Å². The summed E-state index contributed by atoms with van der Waals surface area (Å²) >= 11 is 1.74. The van der Waals surface area contributed by atoms with Gasteiger partial charge in [-0.1, -0.05) is 12.1 Å². The van der Waals surface area contributed by atoms with Crippen molar-refractivity contribution >= 4 is 17.0 Å². The Bertz CT molecular complexity index is 1160. The van der Waals surface area contributed by atoms with Crippen molar-refractivity contribution in [3.63, 3.8) is 0 Å². The van der Waals surface area contributed by atoms with E-state index in [4.69, 9.17) is 10.3 Å². The Hall–Kier alpha value is -2.97. The number of nitrogens with zero attached hydrogens (tertiary/aromatic N) is 3. The monoisotopic (exact) mass is 359 g/mol. The number of thiophene rings is 1. The number of pyridine rings is 1. The molecule has 0 fully saturated rings. The molecule has 128 valence electrons. The molecule has 0 unspecified atom stereocenters. The molecular weight excluding hydrogens is 342 g/mol. The number of aromatic nitrogens is 1. The summed E-state index contributed by atoms with van der Waals surface area (Å²) in [5.74, 6) is 0. The number of aliphatic imine (C=N–C) groups is 1. The van der Waals surface area contributed by atoms with Crippen LogP contribution in [0.25, 0.3) is 10.4 Å². The van der Waals surface area contributed by atoms with Crippen molar-refractivity contribution in [2.45, 2.75) is 20.4 Å². The summed E-state index contributed by atoms with van der Waals surface area (Å²) in [7, 11) is 1.78. The molecule has 1 aliphatic rings. The number of hydrogen-bond acceptors (Lipinski definition) is 4. The van der Waals surface area contributed by atoms with Crippen LogP contribution in [-0.4, -0.2) is 10.3 Å². The zero-order valence-electron chi connectivity index (χ0n) is 14.8. The predicted molar refractivity (Wildman–Crippen MR) is 105 cm³/mol. The second-order valence-corrected chi connectivity index (χ2v) is 7.73. The average molecular weight is 359 g/mol. The molecule has 0 saturated carbocycles. The highest BCUT2D eigenvalue weighted by atomic mass is 32.1. The van der Waals surface area contributed by atoms with Gasteiger partial charge < -0.3 is 4.57 Å². The average Bonchev–Trinajstić information content (AvgIpc) is 2.84. The summed E-state index contributed by atoms with van der Waals surface area (Å²) in [6.45, 7) is 4.71. The van der Waals surface area contributed by atoms with E-state index in [0.717, 1.165) is 32.8 Å². The molecule has 0 spiro atoms. The first-order valence-corrected chi connectivity index (χ1v) is 9.16. The quantitative estimate of drug-likeness (QED) is 0.660. The highest BCUT2D eigenvalue weighted by Gasteiger charge is 2.25. The molecule has 4 nitrogen and oxygen atoms in total. The minimum absolute atomic E-state index is 0.0210. The number of rotatable bonds is 1. The van der Waals surface area contributed by atoms with E-state index in [1.165, 1.54) is 10.4 Å². The third kappa shape index (κ3) is 2.51. The highest BCUT2D eigenvalue weighted by Crippen LogP contribution is 2.40. The number of nitriles is 1. The molecule has 2 aromatic heterocycles. The van der Waals surface area contributed by atoms with Crippen molar-refractivity contribution in [3.05, 3.63) is 79.6 Å². The van der Waals surface area contributed by atoms with Crippen molar-refractivity contribution in [1.82, 2.24) is 4.57 Å². The maximum Gasteiger partial charge on any atom is 0.250 e. The van der Waals surface area contributed by atoms with Crippen LogP contribution in [0.5, 0.6) is 0 Å². The lowest BCUT2D eigenvalue weighted by Crippen LogP contribution is -2.16. The largest absolute Gasteiger partial charge is 0.318 e. The maximum absolute atomic E-state index is 12.1. The molecular formula is C21H17N3OS. The van der Waals surface area contributed by atoms with Gasteiger partial charge in [0.25, 0.3) is 5.56 Å². The van der Waals surface area contributed by atoms with Crippen LogP contribution in [0.4, 0.5) is 0 Å². The molecule has 26 heavy (non-hydrogen) atoms. The van der Waals surface area contributed by atoms with E-state index in [2.05, 4.69) is 19.9 Å². The van der Waals surface area contributed by atoms with Gasteiger partial charge in [0.05, 0.1) is 23.9 Å². The van der Waals surface area contributed by atoms with Gasteiger partial charge in [0, 0.05) is 45.8 Å². The van der Waals surface area contributed by atoms with Gasteiger partial charge in [-0.25, -0.2) is 0 Å². The Morgan fingerprint density at radius 1 is 1.23 bits per heavy atom. The molecule has 1 aliphatic heterocycles. The van der Waals surface area contributed by atoms with Crippen LogP contribution in [0.2, 0.25) is 0 Å². The fourth-order valence-electron chi connectivity index (χ4n) is 3.29. The van der Waals surface area contributed by atoms with Crippen LogP contribution in [0.1, 0.15) is 32.7 Å². The Kier molecular flexibility index (Phi) is 3.86. The smallest absolute Gasteiger partial charge is 0.250 e. The van der Waals surface area contributed by atoms with E-state index in [-0.39, 0.29) is 5.56 Å². The number of benzene rings is 1. The van der Waals surface area contributed by atoms with Gasteiger partial charge in [0.2, 0.25) is 0 Å². The van der Waals surface area contributed by atoms with Crippen molar-refractivity contribution in [2.24, 2.45) is 12.0 Å². The van der Waals surface area contributed by atoms with Crippen molar-refractivity contribution < 1.29 is 0 Å². The van der Waals surface area contributed by atoms with Crippen LogP contribution in [0.3, 0.4) is 0 Å². The van der Waals surface area contributed by atoms with E-state index in [9.17, 15) is 4.79 Å². The molecule has 0 radical (unpaired) electrons. The fraction of sp³-hybridized carbons (Fsp3) is 0.190. The minimum atomic E-state index is -0.0210. The standard InChI is InChI=1S/C21H17N3OS/c1-12-13(2)26-21-17-11-24(3)18(25)8-16(17)10-23-20(19(12)21)15-6-4-14(9-22)5-7-15/h4-8,11H,10H2,1-3H3. The van der Waals surface area contributed by atoms with Crippen molar-refractivity contribution in [3.8, 4) is 16.5 Å². The second-order valence-electron chi connectivity index (χ2n) is 6.50. The van der Waals surface area contributed by atoms with Crippen molar-refractivity contribution in [2.75, 3.05) is 0 Å². The van der Waals surface area contributed by atoms with E-state index in [0.29, 0.717) is 12.1 Å². The zero-order valence-corrected chi connectivity index (χ0v) is 15.6. The van der Waals surface area contributed by atoms with Crippen LogP contribution in [0.15, 0.2) is 46.3 Å². The van der Waals surface area contributed by atoms with Crippen LogP contribution in [-0.2, 0) is 13.6 Å². The van der Waals surface area contributed by atoms with Gasteiger partial charge in [0.15, 0.2) is 0 Å². The molecule has 1 aromatic carbocycles. The number of hydrogen-bond donors (Lipinski definition) is 0. The SMILES string of the molecule is Cc1sc2c(c1C)C(c1ccc(C#N)cc1)=NCc1cc(=O)n(C)cc1-2. The molecule has 3 aromatic rings. The third-order valence-corrected chi connectivity index (χ3v) is 6.12. The molecule has 4 rings (SSSR count). The van der Waals surface area contributed by atoms with Crippen LogP contribution >= 0.6 is 11.3 Å². The Balaban J connectivity index is 1.99. The minimum Gasteiger partial charge on any atom is -0.318 e. The normalized spacial score (nSPS) is 12.6. The zero-order chi connectivity index (χ0) is 18.4. The van der Waals surface area contributed by atoms with E-state index in [1.54, 1.807) is 29.0 Å². The molecule has 3 heterocycles. The molecule has 0 amide bonds. The summed E-state index contributed by atoms with van der Waals surface area (Å²) in [4.78, 5) is 19.4. The first-order chi connectivity index (χ1) is 12.5. The van der Waals surface area contributed by atoms with E-state index in [1.807, 2.05) is 30.5 Å². The summed E-state index contributed by atoms with van der Waals surface area (Å²) in [5.41, 5.74) is 6.92. The van der Waals surface area contributed by atoms with Crippen LogP contribution in [0, 0.1) is 25.2 Å². The second kappa shape index (κ2) is 6.08. The summed E-state index contributed by atoms with van der Waals surface area (Å²) in [6, 6.07) is 11.4. The van der Waals surface area contributed by atoms with Gasteiger partial charge in [-0.15, -0.1) is 11.3 Å². The van der Waals surface area contributed by atoms with Crippen molar-refractivity contribution in [1.29, 1.82) is 5.26 Å². The first kappa shape index (κ1) is 16.5. The van der Waals surface area contributed by atoms with Gasteiger partial charge in [-0.05, 0) is 37.1 Å². The molecule has 5 heteroatoms. The predicted octanol–water partition coefficient (Wildman–Crippen LogP) is 3.95. The molecule has 0 atom stereocenters.